The maximum absolute atomic E-state index is 11.2. The first-order valence-corrected chi connectivity index (χ1v) is 4.91. The maximum atomic E-state index is 11.2. The van der Waals surface area contributed by atoms with E-state index in [0.29, 0.717) is 5.56 Å². The number of methoxy groups -OCH3 is 1. The van der Waals surface area contributed by atoms with Gasteiger partial charge < -0.3 is 4.74 Å². The van der Waals surface area contributed by atoms with Gasteiger partial charge in [-0.1, -0.05) is 22.0 Å². The Morgan fingerprint density at radius 1 is 1.57 bits per heavy atom. The number of rotatable bonds is 1. The van der Waals surface area contributed by atoms with Gasteiger partial charge in [0.05, 0.1) is 18.4 Å². The van der Waals surface area contributed by atoms with Gasteiger partial charge in [-0.05, 0) is 12.1 Å². The average Bonchev–Trinajstić information content (AvgIpc) is 2.59. The molecule has 0 saturated heterocycles. The quantitative estimate of drug-likeness (QED) is 0.440. The summed E-state index contributed by atoms with van der Waals surface area (Å²) in [4.78, 5) is 11.1. The number of carbonyl (C=O) groups excluding carboxylic acids is 1. The van der Waals surface area contributed by atoms with Crippen molar-refractivity contribution in [1.82, 2.24) is 0 Å². The summed E-state index contributed by atoms with van der Waals surface area (Å²) in [6.45, 7) is 0. The number of alkyl halides is 1. The van der Waals surface area contributed by atoms with Crippen LogP contribution in [-0.4, -0.2) is 13.1 Å². The summed E-state index contributed by atoms with van der Waals surface area (Å²) >= 11 is 3.34. The van der Waals surface area contributed by atoms with Crippen LogP contribution in [0.15, 0.2) is 28.4 Å². The Bertz CT molecular complexity index is 417. The molecule has 0 radical (unpaired) electrons. The Labute approximate surface area is 89.1 Å². The van der Waals surface area contributed by atoms with Crippen LogP contribution in [0.3, 0.4) is 0 Å². The van der Waals surface area contributed by atoms with Crippen molar-refractivity contribution in [2.45, 2.75) is 4.95 Å². The van der Waals surface area contributed by atoms with Crippen LogP contribution >= 0.6 is 15.9 Å². The molecule has 1 aromatic rings. The van der Waals surface area contributed by atoms with Crippen LogP contribution in [0.25, 0.3) is 0 Å². The molecule has 4 nitrogen and oxygen atoms in total. The number of nitrogens with zero attached hydrogens (tertiary/aromatic N) is 2. The minimum absolute atomic E-state index is 0.0933. The molecule has 0 amide bonds. The number of halogens is 1. The molecule has 5 heteroatoms. The third-order valence-electron chi connectivity index (χ3n) is 1.98. The highest BCUT2D eigenvalue weighted by molar-refractivity contribution is 9.09. The van der Waals surface area contributed by atoms with E-state index in [0.717, 1.165) is 11.3 Å². The molecule has 1 atom stereocenters. The molecule has 0 aromatic heterocycles. The van der Waals surface area contributed by atoms with Crippen molar-refractivity contribution in [2.24, 2.45) is 10.2 Å². The molecule has 0 N–H and O–H groups in total. The fourth-order valence-corrected chi connectivity index (χ4v) is 1.73. The van der Waals surface area contributed by atoms with E-state index >= 15 is 0 Å². The summed E-state index contributed by atoms with van der Waals surface area (Å²) in [6.07, 6.45) is 0. The molecule has 1 aliphatic heterocycles. The van der Waals surface area contributed by atoms with E-state index in [2.05, 4.69) is 30.9 Å². The lowest BCUT2D eigenvalue weighted by atomic mass is 10.1. The summed E-state index contributed by atoms with van der Waals surface area (Å²) < 4.78 is 4.60. The van der Waals surface area contributed by atoms with E-state index in [1.807, 2.05) is 6.07 Å². The summed E-state index contributed by atoms with van der Waals surface area (Å²) in [5.41, 5.74) is 2.18. The van der Waals surface area contributed by atoms with E-state index in [1.165, 1.54) is 7.11 Å². The van der Waals surface area contributed by atoms with E-state index in [-0.39, 0.29) is 10.9 Å². The molecular formula is C9H7BrN2O2. The van der Waals surface area contributed by atoms with Crippen LogP contribution in [0.4, 0.5) is 5.69 Å². The zero-order valence-electron chi connectivity index (χ0n) is 7.40. The second kappa shape index (κ2) is 3.49. The van der Waals surface area contributed by atoms with Crippen molar-refractivity contribution in [3.8, 4) is 0 Å². The normalized spacial score (nSPS) is 18.0. The van der Waals surface area contributed by atoms with Gasteiger partial charge in [0.25, 0.3) is 0 Å². The molecule has 72 valence electrons. The molecule has 1 heterocycles. The van der Waals surface area contributed by atoms with Gasteiger partial charge in [-0.25, -0.2) is 4.79 Å². The zero-order valence-corrected chi connectivity index (χ0v) is 8.98. The molecule has 0 unspecified atom stereocenters. The average molecular weight is 255 g/mol. The lowest BCUT2D eigenvalue weighted by Crippen LogP contribution is -2.00. The van der Waals surface area contributed by atoms with Gasteiger partial charge in [-0.3, -0.25) is 0 Å². The van der Waals surface area contributed by atoms with E-state index in [1.54, 1.807) is 12.1 Å². The Hall–Kier alpha value is -1.23. The van der Waals surface area contributed by atoms with Crippen molar-refractivity contribution in [2.75, 3.05) is 7.11 Å². The predicted molar refractivity (Wildman–Crippen MR) is 54.0 cm³/mol. The number of hydrogen-bond acceptors (Lipinski definition) is 4. The summed E-state index contributed by atoms with van der Waals surface area (Å²) in [6, 6.07) is 5.20. The fraction of sp³-hybridized carbons (Fsp3) is 0.222. The van der Waals surface area contributed by atoms with Crippen molar-refractivity contribution >= 4 is 27.6 Å². The SMILES string of the molecule is COC(=O)c1ccc2c(c1)N=N[C@H]2Br. The van der Waals surface area contributed by atoms with Crippen LogP contribution < -0.4 is 0 Å². The van der Waals surface area contributed by atoms with Crippen molar-refractivity contribution in [3.63, 3.8) is 0 Å². The topological polar surface area (TPSA) is 51.0 Å². The molecule has 0 spiro atoms. The first-order valence-electron chi connectivity index (χ1n) is 3.99. The first kappa shape index (κ1) is 9.33. The Kier molecular flexibility index (Phi) is 2.33. The predicted octanol–water partition coefficient (Wildman–Crippen LogP) is 2.96. The van der Waals surface area contributed by atoms with Gasteiger partial charge in [-0.15, -0.1) is 0 Å². The molecule has 14 heavy (non-hydrogen) atoms. The number of ether oxygens (including phenoxy) is 1. The van der Waals surface area contributed by atoms with Crippen LogP contribution in [0.2, 0.25) is 0 Å². The van der Waals surface area contributed by atoms with Gasteiger partial charge in [-0.2, -0.15) is 10.2 Å². The van der Waals surface area contributed by atoms with Crippen LogP contribution in [-0.2, 0) is 4.74 Å². The van der Waals surface area contributed by atoms with Crippen molar-refractivity contribution < 1.29 is 9.53 Å². The van der Waals surface area contributed by atoms with E-state index in [4.69, 9.17) is 0 Å². The van der Waals surface area contributed by atoms with Crippen molar-refractivity contribution in [3.05, 3.63) is 29.3 Å². The Morgan fingerprint density at radius 3 is 3.07 bits per heavy atom. The number of hydrogen-bond donors (Lipinski definition) is 0. The second-order valence-corrected chi connectivity index (χ2v) is 3.68. The molecule has 0 aliphatic carbocycles. The number of benzene rings is 1. The van der Waals surface area contributed by atoms with Crippen LogP contribution in [0.1, 0.15) is 20.9 Å². The minimum Gasteiger partial charge on any atom is -0.465 e. The molecular weight excluding hydrogens is 248 g/mol. The summed E-state index contributed by atoms with van der Waals surface area (Å²) in [7, 11) is 1.35. The second-order valence-electron chi connectivity index (χ2n) is 2.82. The van der Waals surface area contributed by atoms with Gasteiger partial charge in [0.1, 0.15) is 0 Å². The number of carbonyl (C=O) groups is 1. The van der Waals surface area contributed by atoms with Gasteiger partial charge >= 0.3 is 5.97 Å². The Morgan fingerprint density at radius 2 is 2.36 bits per heavy atom. The highest BCUT2D eigenvalue weighted by atomic mass is 79.9. The highest BCUT2D eigenvalue weighted by Crippen LogP contribution is 2.39. The smallest absolute Gasteiger partial charge is 0.337 e. The summed E-state index contributed by atoms with van der Waals surface area (Å²) in [5, 5.41) is 7.85. The van der Waals surface area contributed by atoms with Gasteiger partial charge in [0, 0.05) is 5.56 Å². The molecule has 1 aromatic carbocycles. The monoisotopic (exact) mass is 254 g/mol. The van der Waals surface area contributed by atoms with Crippen LogP contribution in [0.5, 0.6) is 0 Å². The first-order chi connectivity index (χ1) is 6.72. The number of azo groups is 1. The molecule has 1 aliphatic rings. The third-order valence-corrected chi connectivity index (χ3v) is 2.65. The molecule has 0 fully saturated rings. The Balaban J connectivity index is 2.42. The van der Waals surface area contributed by atoms with Gasteiger partial charge in [0.2, 0.25) is 0 Å². The van der Waals surface area contributed by atoms with Gasteiger partial charge in [0.15, 0.2) is 4.95 Å². The van der Waals surface area contributed by atoms with E-state index < -0.39 is 0 Å². The fourth-order valence-electron chi connectivity index (χ4n) is 1.25. The summed E-state index contributed by atoms with van der Waals surface area (Å²) in [5.74, 6) is -0.360. The van der Waals surface area contributed by atoms with E-state index in [9.17, 15) is 4.79 Å². The number of fused-ring (bicyclic) bond motifs is 1. The highest BCUT2D eigenvalue weighted by Gasteiger charge is 2.19. The van der Waals surface area contributed by atoms with Crippen LogP contribution in [0, 0.1) is 0 Å². The number of esters is 1. The van der Waals surface area contributed by atoms with Crippen molar-refractivity contribution in [1.29, 1.82) is 0 Å². The standard InChI is InChI=1S/C9H7BrN2O2/c1-14-9(13)5-2-3-6-7(4-5)11-12-8(6)10/h2-4,8H,1H3/t8-/m1/s1. The molecule has 2 rings (SSSR count). The molecule has 0 saturated carbocycles. The third kappa shape index (κ3) is 1.43. The minimum atomic E-state index is -0.360. The zero-order chi connectivity index (χ0) is 10.1. The lowest BCUT2D eigenvalue weighted by Gasteiger charge is -2.02. The lowest BCUT2D eigenvalue weighted by molar-refractivity contribution is 0.0601. The molecule has 0 bridgehead atoms. The largest absolute Gasteiger partial charge is 0.465 e. The maximum Gasteiger partial charge on any atom is 0.337 e.